The number of thiophene rings is 1. The smallest absolute Gasteiger partial charge is 0.230 e. The third-order valence-electron chi connectivity index (χ3n) is 3.63. The number of nitrogens with zero attached hydrogens (tertiary/aromatic N) is 1. The summed E-state index contributed by atoms with van der Waals surface area (Å²) in [5, 5.41) is 8.41. The lowest BCUT2D eigenvalue weighted by Crippen LogP contribution is -2.48. The molecule has 2 heterocycles. The van der Waals surface area contributed by atoms with Crippen LogP contribution in [0.1, 0.15) is 18.7 Å². The summed E-state index contributed by atoms with van der Waals surface area (Å²) >= 11 is 1.64. The number of amides is 1. The van der Waals surface area contributed by atoms with Crippen molar-refractivity contribution in [3.63, 3.8) is 0 Å². The van der Waals surface area contributed by atoms with Gasteiger partial charge in [0, 0.05) is 44.1 Å². The second-order valence-corrected chi connectivity index (χ2v) is 6.40. The fraction of sp³-hybridized carbons (Fsp3) is 0.643. The van der Waals surface area contributed by atoms with Crippen molar-refractivity contribution in [2.75, 3.05) is 39.3 Å². The van der Waals surface area contributed by atoms with Crippen molar-refractivity contribution in [2.24, 2.45) is 0 Å². The van der Waals surface area contributed by atoms with Gasteiger partial charge in [0.05, 0.1) is 5.41 Å². The second-order valence-electron chi connectivity index (χ2n) is 5.45. The third-order valence-corrected chi connectivity index (χ3v) is 4.82. The quantitative estimate of drug-likeness (QED) is 0.848. The van der Waals surface area contributed by atoms with Crippen LogP contribution in [0.25, 0.3) is 0 Å². The Hall–Kier alpha value is -0.910. The van der Waals surface area contributed by atoms with Crippen molar-refractivity contribution in [3.05, 3.63) is 22.4 Å². The molecule has 19 heavy (non-hydrogen) atoms. The van der Waals surface area contributed by atoms with Crippen LogP contribution >= 0.6 is 11.3 Å². The highest BCUT2D eigenvalue weighted by molar-refractivity contribution is 7.10. The van der Waals surface area contributed by atoms with Gasteiger partial charge in [-0.15, -0.1) is 11.3 Å². The number of piperazine rings is 1. The van der Waals surface area contributed by atoms with Crippen LogP contribution in [-0.2, 0) is 10.2 Å². The Balaban J connectivity index is 1.77. The number of carbonyl (C=O) groups excluding carboxylic acids is 1. The maximum atomic E-state index is 12.3. The molecule has 0 aliphatic carbocycles. The largest absolute Gasteiger partial charge is 0.354 e. The van der Waals surface area contributed by atoms with Gasteiger partial charge in [-0.1, -0.05) is 6.07 Å². The van der Waals surface area contributed by atoms with Crippen LogP contribution in [0.5, 0.6) is 0 Å². The second kappa shape index (κ2) is 6.50. The molecule has 2 N–H and O–H groups in total. The SMILES string of the molecule is CC(C)(C(=O)NCCN1CCNCC1)c1cccs1. The predicted octanol–water partition coefficient (Wildman–Crippen LogP) is 1.05. The van der Waals surface area contributed by atoms with Crippen molar-refractivity contribution in [1.29, 1.82) is 0 Å². The summed E-state index contributed by atoms with van der Waals surface area (Å²) in [5.41, 5.74) is -0.433. The molecule has 0 radical (unpaired) electrons. The molecule has 0 saturated carbocycles. The van der Waals surface area contributed by atoms with E-state index in [-0.39, 0.29) is 5.91 Å². The molecule has 1 amide bonds. The van der Waals surface area contributed by atoms with E-state index in [1.165, 1.54) is 0 Å². The van der Waals surface area contributed by atoms with Crippen LogP contribution in [0.3, 0.4) is 0 Å². The molecule has 1 aromatic heterocycles. The average Bonchev–Trinajstić information content (AvgIpc) is 2.94. The van der Waals surface area contributed by atoms with Gasteiger partial charge in [-0.3, -0.25) is 9.69 Å². The summed E-state index contributed by atoms with van der Waals surface area (Å²) in [6.45, 7) is 9.89. The molecule has 4 nitrogen and oxygen atoms in total. The predicted molar refractivity (Wildman–Crippen MR) is 79.7 cm³/mol. The molecule has 0 unspecified atom stereocenters. The van der Waals surface area contributed by atoms with Crippen LogP contribution in [0.2, 0.25) is 0 Å². The van der Waals surface area contributed by atoms with Crippen molar-refractivity contribution in [2.45, 2.75) is 19.3 Å². The maximum Gasteiger partial charge on any atom is 0.230 e. The molecule has 1 fully saturated rings. The molecule has 1 aromatic rings. The molecule has 106 valence electrons. The van der Waals surface area contributed by atoms with Crippen molar-refractivity contribution in [1.82, 2.24) is 15.5 Å². The lowest BCUT2D eigenvalue weighted by Gasteiger charge is -2.28. The van der Waals surface area contributed by atoms with Crippen molar-refractivity contribution < 1.29 is 4.79 Å². The zero-order valence-electron chi connectivity index (χ0n) is 11.7. The van der Waals surface area contributed by atoms with Crippen LogP contribution in [-0.4, -0.2) is 50.1 Å². The molecule has 1 saturated heterocycles. The summed E-state index contributed by atoms with van der Waals surface area (Å²) in [4.78, 5) is 15.8. The minimum absolute atomic E-state index is 0.116. The summed E-state index contributed by atoms with van der Waals surface area (Å²) in [5.74, 6) is 0.116. The molecule has 0 aromatic carbocycles. The van der Waals surface area contributed by atoms with Crippen LogP contribution in [0.4, 0.5) is 0 Å². The van der Waals surface area contributed by atoms with Crippen LogP contribution in [0, 0.1) is 0 Å². The topological polar surface area (TPSA) is 44.4 Å². The average molecular weight is 281 g/mol. The minimum atomic E-state index is -0.433. The number of hydrogen-bond acceptors (Lipinski definition) is 4. The van der Waals surface area contributed by atoms with Gasteiger partial charge in [0.15, 0.2) is 0 Å². The fourth-order valence-corrected chi connectivity index (χ4v) is 3.08. The van der Waals surface area contributed by atoms with Gasteiger partial charge in [0.25, 0.3) is 0 Å². The minimum Gasteiger partial charge on any atom is -0.354 e. The van der Waals surface area contributed by atoms with Gasteiger partial charge in [-0.2, -0.15) is 0 Å². The Kier molecular flexibility index (Phi) is 4.96. The summed E-state index contributed by atoms with van der Waals surface area (Å²) in [7, 11) is 0. The summed E-state index contributed by atoms with van der Waals surface area (Å²) < 4.78 is 0. The fourth-order valence-electron chi connectivity index (χ4n) is 2.23. The molecular weight excluding hydrogens is 258 g/mol. The van der Waals surface area contributed by atoms with E-state index in [1.807, 2.05) is 31.4 Å². The van der Waals surface area contributed by atoms with E-state index in [4.69, 9.17) is 0 Å². The number of hydrogen-bond donors (Lipinski definition) is 2. The van der Waals surface area contributed by atoms with Gasteiger partial charge >= 0.3 is 0 Å². The standard InChI is InChI=1S/C14H23N3OS/c1-14(2,12-4-3-11-19-12)13(18)16-7-10-17-8-5-15-6-9-17/h3-4,11,15H,5-10H2,1-2H3,(H,16,18). The number of nitrogens with one attached hydrogen (secondary N) is 2. The highest BCUT2D eigenvalue weighted by atomic mass is 32.1. The van der Waals surface area contributed by atoms with Crippen LogP contribution < -0.4 is 10.6 Å². The van der Waals surface area contributed by atoms with E-state index in [2.05, 4.69) is 15.5 Å². The Labute approximate surface area is 119 Å². The van der Waals surface area contributed by atoms with E-state index in [0.29, 0.717) is 0 Å². The molecular formula is C14H23N3OS. The first-order valence-electron chi connectivity index (χ1n) is 6.86. The van der Waals surface area contributed by atoms with E-state index in [1.54, 1.807) is 11.3 Å². The Morgan fingerprint density at radius 1 is 1.47 bits per heavy atom. The molecule has 1 aliphatic heterocycles. The van der Waals surface area contributed by atoms with E-state index in [0.717, 1.165) is 44.1 Å². The lowest BCUT2D eigenvalue weighted by molar-refractivity contribution is -0.125. The first-order valence-corrected chi connectivity index (χ1v) is 7.74. The van der Waals surface area contributed by atoms with Gasteiger partial charge in [-0.05, 0) is 25.3 Å². The Morgan fingerprint density at radius 2 is 2.21 bits per heavy atom. The Bertz CT molecular complexity index is 397. The van der Waals surface area contributed by atoms with Gasteiger partial charge < -0.3 is 10.6 Å². The Morgan fingerprint density at radius 3 is 2.84 bits per heavy atom. The molecule has 0 atom stereocenters. The van der Waals surface area contributed by atoms with Crippen molar-refractivity contribution >= 4 is 17.2 Å². The first-order chi connectivity index (χ1) is 9.10. The normalized spacial score (nSPS) is 17.4. The zero-order chi connectivity index (χ0) is 13.7. The molecule has 2 rings (SSSR count). The third kappa shape index (κ3) is 3.78. The number of carbonyl (C=O) groups is 1. The van der Waals surface area contributed by atoms with E-state index >= 15 is 0 Å². The number of rotatable bonds is 5. The molecule has 5 heteroatoms. The first kappa shape index (κ1) is 14.5. The van der Waals surface area contributed by atoms with E-state index < -0.39 is 5.41 Å². The highest BCUT2D eigenvalue weighted by Gasteiger charge is 2.30. The monoisotopic (exact) mass is 281 g/mol. The van der Waals surface area contributed by atoms with Gasteiger partial charge in [-0.25, -0.2) is 0 Å². The van der Waals surface area contributed by atoms with Crippen LogP contribution in [0.15, 0.2) is 17.5 Å². The van der Waals surface area contributed by atoms with Crippen molar-refractivity contribution in [3.8, 4) is 0 Å². The molecule has 0 spiro atoms. The van der Waals surface area contributed by atoms with E-state index in [9.17, 15) is 4.79 Å². The molecule has 1 aliphatic rings. The summed E-state index contributed by atoms with van der Waals surface area (Å²) in [6.07, 6.45) is 0. The summed E-state index contributed by atoms with van der Waals surface area (Å²) in [6, 6.07) is 4.02. The lowest BCUT2D eigenvalue weighted by atomic mass is 9.90. The zero-order valence-corrected chi connectivity index (χ0v) is 12.6. The molecule has 0 bridgehead atoms. The van der Waals surface area contributed by atoms with Gasteiger partial charge in [0.1, 0.15) is 0 Å². The highest BCUT2D eigenvalue weighted by Crippen LogP contribution is 2.27. The maximum absolute atomic E-state index is 12.3. The van der Waals surface area contributed by atoms with Gasteiger partial charge in [0.2, 0.25) is 5.91 Å².